The molecule has 0 radical (unpaired) electrons. The van der Waals surface area contributed by atoms with Crippen LogP contribution < -0.4 is 0 Å². The van der Waals surface area contributed by atoms with Gasteiger partial charge in [0.1, 0.15) is 11.6 Å². The quantitative estimate of drug-likeness (QED) is 0.834. The lowest BCUT2D eigenvalue weighted by Crippen LogP contribution is -2.47. The van der Waals surface area contributed by atoms with Crippen molar-refractivity contribution in [1.82, 2.24) is 24.6 Å². The first kappa shape index (κ1) is 17.6. The van der Waals surface area contributed by atoms with Gasteiger partial charge in [0.2, 0.25) is 5.91 Å². The minimum atomic E-state index is 0.183. The van der Waals surface area contributed by atoms with E-state index >= 15 is 0 Å². The minimum absolute atomic E-state index is 0.183. The van der Waals surface area contributed by atoms with Gasteiger partial charge in [-0.15, -0.1) is 10.2 Å². The fraction of sp³-hybridized carbons (Fsp3) is 0.526. The fourth-order valence-electron chi connectivity index (χ4n) is 3.45. The maximum Gasteiger partial charge on any atom is 0.237 e. The molecule has 6 nitrogen and oxygen atoms in total. The first-order valence-corrected chi connectivity index (χ1v) is 8.89. The second-order valence-corrected chi connectivity index (χ2v) is 6.95. The number of amides is 1. The molecule has 1 aliphatic heterocycles. The molecule has 0 bridgehead atoms. The molecule has 134 valence electrons. The molecule has 1 amide bonds. The van der Waals surface area contributed by atoms with E-state index in [0.717, 1.165) is 24.5 Å². The topological polar surface area (TPSA) is 54.3 Å². The molecular weight excluding hydrogens is 314 g/mol. The highest BCUT2D eigenvalue weighted by atomic mass is 16.2. The van der Waals surface area contributed by atoms with Crippen LogP contribution in [0.3, 0.4) is 0 Å². The Morgan fingerprint density at radius 3 is 2.64 bits per heavy atom. The molecule has 0 fully saturated rings. The van der Waals surface area contributed by atoms with E-state index in [9.17, 15) is 4.79 Å². The van der Waals surface area contributed by atoms with Gasteiger partial charge in [-0.25, -0.2) is 0 Å². The highest BCUT2D eigenvalue weighted by Gasteiger charge is 2.28. The van der Waals surface area contributed by atoms with E-state index in [1.165, 1.54) is 11.1 Å². The molecule has 0 aliphatic carbocycles. The Morgan fingerprint density at radius 1 is 1.28 bits per heavy atom. The maximum atomic E-state index is 12.9. The van der Waals surface area contributed by atoms with Crippen molar-refractivity contribution in [3.05, 3.63) is 47.0 Å². The molecule has 2 heterocycles. The van der Waals surface area contributed by atoms with Gasteiger partial charge in [0.25, 0.3) is 0 Å². The number of likely N-dealkylation sites (N-methyl/N-ethyl adjacent to an activating group) is 1. The summed E-state index contributed by atoms with van der Waals surface area (Å²) >= 11 is 0. The number of fused-ring (bicyclic) bond motifs is 1. The zero-order valence-corrected chi connectivity index (χ0v) is 15.6. The molecule has 0 N–H and O–H groups in total. The van der Waals surface area contributed by atoms with E-state index < -0.39 is 0 Å². The zero-order chi connectivity index (χ0) is 18.0. The van der Waals surface area contributed by atoms with Gasteiger partial charge >= 0.3 is 0 Å². The third-order valence-electron chi connectivity index (χ3n) is 5.15. The summed E-state index contributed by atoms with van der Waals surface area (Å²) in [6, 6.07) is 8.74. The smallest absolute Gasteiger partial charge is 0.237 e. The van der Waals surface area contributed by atoms with Crippen molar-refractivity contribution >= 4 is 5.91 Å². The summed E-state index contributed by atoms with van der Waals surface area (Å²) in [7, 11) is 3.91. The molecule has 1 aromatic carbocycles. The largest absolute Gasteiger partial charge is 0.334 e. The van der Waals surface area contributed by atoms with Crippen LogP contribution in [0, 0.1) is 6.92 Å². The number of benzene rings is 1. The normalized spacial score (nSPS) is 17.0. The SMILES string of the molecule is CCC1Cc2ccccc2CN1C(=O)CN(C)Cc1nnc(C)n1C. The summed E-state index contributed by atoms with van der Waals surface area (Å²) in [5.41, 5.74) is 2.65. The Labute approximate surface area is 149 Å². The molecule has 1 unspecified atom stereocenters. The number of aryl methyl sites for hydroxylation is 1. The number of aromatic nitrogens is 3. The zero-order valence-electron chi connectivity index (χ0n) is 15.6. The summed E-state index contributed by atoms with van der Waals surface area (Å²) in [4.78, 5) is 17.0. The van der Waals surface area contributed by atoms with Gasteiger partial charge in [0.15, 0.2) is 0 Å². The van der Waals surface area contributed by atoms with Crippen LogP contribution in [0.2, 0.25) is 0 Å². The van der Waals surface area contributed by atoms with Gasteiger partial charge in [-0.1, -0.05) is 31.2 Å². The first-order chi connectivity index (χ1) is 12.0. The molecular formula is C19H27N5O. The van der Waals surface area contributed by atoms with E-state index in [-0.39, 0.29) is 11.9 Å². The van der Waals surface area contributed by atoms with E-state index in [1.807, 2.05) is 35.4 Å². The monoisotopic (exact) mass is 341 g/mol. The lowest BCUT2D eigenvalue weighted by atomic mass is 9.92. The van der Waals surface area contributed by atoms with Crippen LogP contribution in [-0.2, 0) is 31.4 Å². The third-order valence-corrected chi connectivity index (χ3v) is 5.15. The van der Waals surface area contributed by atoms with Crippen LogP contribution in [0.15, 0.2) is 24.3 Å². The van der Waals surface area contributed by atoms with Crippen LogP contribution >= 0.6 is 0 Å². The summed E-state index contributed by atoms with van der Waals surface area (Å²) in [6.07, 6.45) is 1.93. The van der Waals surface area contributed by atoms with Gasteiger partial charge in [-0.3, -0.25) is 9.69 Å². The van der Waals surface area contributed by atoms with Crippen molar-refractivity contribution in [2.45, 2.75) is 45.8 Å². The van der Waals surface area contributed by atoms with Crippen molar-refractivity contribution < 1.29 is 4.79 Å². The van der Waals surface area contributed by atoms with Gasteiger partial charge in [-0.2, -0.15) is 0 Å². The van der Waals surface area contributed by atoms with Gasteiger partial charge in [-0.05, 0) is 37.9 Å². The summed E-state index contributed by atoms with van der Waals surface area (Å²) in [5, 5.41) is 8.26. The lowest BCUT2D eigenvalue weighted by molar-refractivity contribution is -0.135. The summed E-state index contributed by atoms with van der Waals surface area (Å²) < 4.78 is 1.97. The van der Waals surface area contributed by atoms with Gasteiger partial charge in [0, 0.05) is 19.6 Å². The second-order valence-electron chi connectivity index (χ2n) is 6.95. The summed E-state index contributed by atoms with van der Waals surface area (Å²) in [5.74, 6) is 1.94. The first-order valence-electron chi connectivity index (χ1n) is 8.89. The highest BCUT2D eigenvalue weighted by Crippen LogP contribution is 2.25. The molecule has 1 aromatic heterocycles. The number of carbonyl (C=O) groups excluding carboxylic acids is 1. The van der Waals surface area contributed by atoms with Crippen LogP contribution in [0.4, 0.5) is 0 Å². The van der Waals surface area contributed by atoms with Crippen molar-refractivity contribution in [3.8, 4) is 0 Å². The minimum Gasteiger partial charge on any atom is -0.334 e. The van der Waals surface area contributed by atoms with Crippen molar-refractivity contribution in [2.75, 3.05) is 13.6 Å². The van der Waals surface area contributed by atoms with Crippen LogP contribution in [0.1, 0.15) is 36.1 Å². The van der Waals surface area contributed by atoms with Gasteiger partial charge in [0.05, 0.1) is 13.1 Å². The van der Waals surface area contributed by atoms with Crippen molar-refractivity contribution in [1.29, 1.82) is 0 Å². The van der Waals surface area contributed by atoms with E-state index in [1.54, 1.807) is 0 Å². The predicted octanol–water partition coefficient (Wildman–Crippen LogP) is 1.92. The molecule has 1 atom stereocenters. The second kappa shape index (κ2) is 7.35. The molecule has 2 aromatic rings. The molecule has 0 saturated carbocycles. The molecule has 6 heteroatoms. The van der Waals surface area contributed by atoms with E-state index in [2.05, 4.69) is 41.4 Å². The number of rotatable bonds is 5. The molecule has 25 heavy (non-hydrogen) atoms. The Morgan fingerprint density at radius 2 is 2.00 bits per heavy atom. The average molecular weight is 341 g/mol. The standard InChI is InChI=1S/C19H27N5O/c1-5-17-10-15-8-6-7-9-16(15)11-24(17)19(25)13-22(3)12-18-21-20-14(2)23(18)4/h6-9,17H,5,10-13H2,1-4H3. The predicted molar refractivity (Wildman–Crippen MR) is 96.8 cm³/mol. The lowest BCUT2D eigenvalue weighted by Gasteiger charge is -2.37. The Bertz CT molecular complexity index is 754. The Hall–Kier alpha value is -2.21. The average Bonchev–Trinajstić information content (AvgIpc) is 2.92. The number of hydrogen-bond donors (Lipinski definition) is 0. The van der Waals surface area contributed by atoms with Crippen molar-refractivity contribution in [2.24, 2.45) is 7.05 Å². The number of hydrogen-bond acceptors (Lipinski definition) is 4. The fourth-order valence-corrected chi connectivity index (χ4v) is 3.45. The molecule has 3 rings (SSSR count). The van der Waals surface area contributed by atoms with Crippen molar-refractivity contribution in [3.63, 3.8) is 0 Å². The number of carbonyl (C=O) groups is 1. The Kier molecular flexibility index (Phi) is 5.18. The summed E-state index contributed by atoms with van der Waals surface area (Å²) in [6.45, 7) is 5.81. The molecule has 1 aliphatic rings. The molecule has 0 saturated heterocycles. The van der Waals surface area contributed by atoms with Crippen LogP contribution in [0.5, 0.6) is 0 Å². The molecule has 0 spiro atoms. The maximum absolute atomic E-state index is 12.9. The van der Waals surface area contributed by atoms with Gasteiger partial charge < -0.3 is 9.47 Å². The van der Waals surface area contributed by atoms with Crippen LogP contribution in [-0.4, -0.2) is 50.1 Å². The third kappa shape index (κ3) is 3.74. The van der Waals surface area contributed by atoms with E-state index in [4.69, 9.17) is 0 Å². The van der Waals surface area contributed by atoms with E-state index in [0.29, 0.717) is 19.6 Å². The Balaban J connectivity index is 1.66. The highest BCUT2D eigenvalue weighted by molar-refractivity contribution is 5.79. The van der Waals surface area contributed by atoms with Crippen LogP contribution in [0.25, 0.3) is 0 Å². The number of nitrogens with zero attached hydrogens (tertiary/aromatic N) is 5.